The molecule has 408 valence electrons. The van der Waals surface area contributed by atoms with Crippen LogP contribution in [0.3, 0.4) is 0 Å². The van der Waals surface area contributed by atoms with E-state index in [9.17, 15) is 8.78 Å². The molecule has 2 unspecified atom stereocenters. The Hall–Kier alpha value is -8.13. The molecule has 8 aromatic carbocycles. The van der Waals surface area contributed by atoms with Crippen LogP contribution >= 0.6 is 0 Å². The van der Waals surface area contributed by atoms with Crippen LogP contribution in [0, 0.1) is 35.4 Å². The van der Waals surface area contributed by atoms with Crippen LogP contribution in [-0.2, 0) is 26.5 Å². The Kier molecular flexibility index (Phi) is 17.1. The number of pyridine rings is 2. The minimum absolute atomic E-state index is 0. The maximum Gasteiger partial charge on any atom is 2.00 e. The topological polar surface area (TPSA) is 37.2 Å². The normalized spacial score (nSPS) is 12.3. The van der Waals surface area contributed by atoms with Crippen LogP contribution in [0.2, 0.25) is 0 Å². The van der Waals surface area contributed by atoms with Crippen LogP contribution in [-0.4, -0.2) is 14.5 Å². The van der Waals surface area contributed by atoms with Gasteiger partial charge >= 0.3 is 21.1 Å². The van der Waals surface area contributed by atoms with Crippen molar-refractivity contribution in [3.8, 4) is 22.5 Å². The van der Waals surface area contributed by atoms with Crippen LogP contribution < -0.4 is 9.80 Å². The number of para-hydroxylation sites is 5. The number of benzene rings is 8. The van der Waals surface area contributed by atoms with Gasteiger partial charge in [0.25, 0.3) is 0 Å². The molecule has 0 aliphatic rings. The van der Waals surface area contributed by atoms with Crippen molar-refractivity contribution in [1.82, 2.24) is 14.5 Å². The fraction of sp³-hybridized carbons (Fsp3) is 0.183. The zero-order valence-electron chi connectivity index (χ0n) is 45.7. The number of nitrogens with zero attached hydrogens (tertiary/aromatic N) is 5. The summed E-state index contributed by atoms with van der Waals surface area (Å²) in [5, 5.41) is 2.59. The molecule has 11 rings (SSSR count). The Morgan fingerprint density at radius 1 is 0.481 bits per heavy atom. The quantitative estimate of drug-likeness (QED) is 0.0597. The first kappa shape index (κ1) is 56.2. The molecule has 0 amide bonds. The molecule has 0 saturated carbocycles. The van der Waals surface area contributed by atoms with E-state index in [-0.39, 0.29) is 43.6 Å². The predicted molar refractivity (Wildman–Crippen MR) is 319 cm³/mol. The van der Waals surface area contributed by atoms with Gasteiger partial charge in [0, 0.05) is 102 Å². The van der Waals surface area contributed by atoms with Gasteiger partial charge in [-0.25, -0.2) is 0 Å². The molecule has 0 N–H and O–H groups in total. The van der Waals surface area contributed by atoms with E-state index in [2.05, 4.69) is 108 Å². The Morgan fingerprint density at radius 2 is 0.901 bits per heavy atom. The van der Waals surface area contributed by atoms with Gasteiger partial charge in [0.15, 0.2) is 0 Å². The molecule has 81 heavy (non-hydrogen) atoms. The van der Waals surface area contributed by atoms with Crippen LogP contribution in [0.1, 0.15) is 95.1 Å². The Morgan fingerprint density at radius 3 is 1.32 bits per heavy atom. The first-order chi connectivity index (χ1) is 39.0. The summed E-state index contributed by atoms with van der Waals surface area (Å²) in [6.45, 7) is 8.48. The second-order valence-electron chi connectivity index (χ2n) is 21.1. The van der Waals surface area contributed by atoms with Gasteiger partial charge in [0.05, 0.1) is 0 Å². The van der Waals surface area contributed by atoms with E-state index in [4.69, 9.17) is 9.97 Å². The molecule has 0 saturated heterocycles. The summed E-state index contributed by atoms with van der Waals surface area (Å²) in [5.74, 6) is -2.81. The van der Waals surface area contributed by atoms with Crippen LogP contribution in [0.15, 0.2) is 212 Å². The number of fused-ring (bicyclic) bond motifs is 3. The van der Waals surface area contributed by atoms with Crippen LogP contribution in [0.4, 0.5) is 51.7 Å². The molecule has 5 nitrogen and oxygen atoms in total. The van der Waals surface area contributed by atoms with Crippen LogP contribution in [0.5, 0.6) is 0 Å². The van der Waals surface area contributed by atoms with Crippen molar-refractivity contribution in [2.24, 2.45) is 0 Å². The van der Waals surface area contributed by atoms with Crippen molar-refractivity contribution < 1.29 is 38.6 Å². The number of rotatable bonds is 19. The average Bonchev–Trinajstić information content (AvgIpc) is 3.96. The van der Waals surface area contributed by atoms with E-state index in [0.717, 1.165) is 85.5 Å². The maximum absolute atomic E-state index is 16.2. The van der Waals surface area contributed by atoms with Crippen molar-refractivity contribution in [1.29, 1.82) is 0 Å². The number of aromatic nitrogens is 3. The van der Waals surface area contributed by atoms with E-state index in [1.807, 2.05) is 122 Å². The van der Waals surface area contributed by atoms with Gasteiger partial charge in [-0.3, -0.25) is 17.6 Å². The molecule has 3 heterocycles. The summed E-state index contributed by atoms with van der Waals surface area (Å²) in [6, 6.07) is 73.2. The molecule has 0 spiro atoms. The average molecular weight is 1260 g/mol. The van der Waals surface area contributed by atoms with Crippen molar-refractivity contribution in [2.75, 3.05) is 9.80 Å². The van der Waals surface area contributed by atoms with Crippen molar-refractivity contribution in [3.63, 3.8) is 0 Å². The molecule has 0 aliphatic carbocycles. The molecule has 10 heteroatoms. The van der Waals surface area contributed by atoms with Gasteiger partial charge < -0.3 is 24.3 Å². The minimum Gasteiger partial charge on any atom is -0.337 e. The predicted octanol–water partition coefficient (Wildman–Crippen LogP) is 20.0. The van der Waals surface area contributed by atoms with Gasteiger partial charge in [-0.15, -0.1) is 24.3 Å². The number of anilines is 6. The summed E-state index contributed by atoms with van der Waals surface area (Å²) in [5.41, 5.74) is 8.79. The third kappa shape index (κ3) is 11.7. The number of hydrogen-bond acceptors (Lipinski definition) is 4. The van der Waals surface area contributed by atoms with Gasteiger partial charge in [-0.05, 0) is 135 Å². The largest absolute Gasteiger partial charge is 2.00 e. The fourth-order valence-electron chi connectivity index (χ4n) is 11.4. The minimum atomic E-state index is -1.10. The molecule has 11 aromatic rings. The van der Waals surface area contributed by atoms with Crippen LogP contribution in [0.25, 0.3) is 44.3 Å². The van der Waals surface area contributed by atoms with Crippen molar-refractivity contribution in [2.45, 2.75) is 83.6 Å². The third-order valence-corrected chi connectivity index (χ3v) is 15.5. The smallest absolute Gasteiger partial charge is 0.337 e. The van der Waals surface area contributed by atoms with Gasteiger partial charge in [0.2, 0.25) is 0 Å². The van der Waals surface area contributed by atoms with E-state index < -0.39 is 28.7 Å². The summed E-state index contributed by atoms with van der Waals surface area (Å²) < 4.78 is 63.8. The first-order valence-electron chi connectivity index (χ1n) is 27.6. The van der Waals surface area contributed by atoms with E-state index in [1.165, 1.54) is 27.4 Å². The van der Waals surface area contributed by atoms with Crippen molar-refractivity contribution >= 4 is 55.9 Å². The zero-order valence-corrected chi connectivity index (χ0v) is 47.9. The molecular formula is C71H61F4N5Pt. The molecule has 0 radical (unpaired) electrons. The van der Waals surface area contributed by atoms with Gasteiger partial charge in [-0.1, -0.05) is 165 Å². The SMILES string of the molecule is CCCC(CCCC(CC)n1c2ccccc2c2ccccc21)c1ccc(N(c2ccccc2)c2cc(-c3[c-]cc(F)cc3F)nc(C(C)(C)c3cc(N(c4ccccc4)c4ccccc4)cc(-c4[c-]cc(F)cc4F)n3)c2)cc1.[Pt+2]. The summed E-state index contributed by atoms with van der Waals surface area (Å²) in [4.78, 5) is 14.5. The Bertz CT molecular complexity index is 3830. The molecule has 0 bridgehead atoms. The Labute approximate surface area is 486 Å². The zero-order chi connectivity index (χ0) is 55.3. The number of halogens is 4. The Balaban J connectivity index is 0.00000736. The summed E-state index contributed by atoms with van der Waals surface area (Å²) >= 11 is 0. The molecule has 0 fully saturated rings. The second-order valence-corrected chi connectivity index (χ2v) is 21.1. The molecule has 0 aliphatic heterocycles. The first-order valence-corrected chi connectivity index (χ1v) is 27.6. The van der Waals surface area contributed by atoms with E-state index in [0.29, 0.717) is 34.7 Å². The molecular weight excluding hydrogens is 1190 g/mol. The van der Waals surface area contributed by atoms with E-state index in [1.54, 1.807) is 12.1 Å². The van der Waals surface area contributed by atoms with Crippen molar-refractivity contribution in [3.05, 3.63) is 265 Å². The monoisotopic (exact) mass is 1250 g/mol. The summed E-state index contributed by atoms with van der Waals surface area (Å²) in [7, 11) is 0. The molecule has 2 atom stereocenters. The third-order valence-electron chi connectivity index (χ3n) is 15.5. The summed E-state index contributed by atoms with van der Waals surface area (Å²) in [6.07, 6.45) is 6.32. The number of hydrogen-bond donors (Lipinski definition) is 0. The fourth-order valence-corrected chi connectivity index (χ4v) is 11.4. The molecule has 3 aromatic heterocycles. The maximum atomic E-state index is 16.2. The van der Waals surface area contributed by atoms with Gasteiger partial charge in [-0.2, -0.15) is 0 Å². The van der Waals surface area contributed by atoms with E-state index >= 15 is 8.78 Å². The van der Waals surface area contributed by atoms with Gasteiger partial charge in [0.1, 0.15) is 0 Å². The standard InChI is InChI=1S/C71H61F4N5.Pt/c1-5-21-48(22-20-29-52(6-2)80-67-32-18-16-30-59(67)60-31-17-19-33-68(60)80)49-34-38-56(39-35-49)79(55-27-14-9-15-28-55)58-45-66(62-41-37-51(73)43-64(62)75)77-70(47-58)71(3,4)69-46-57(44-65(76-69)61-40-36-50(72)42-63(61)74)78(53-23-10-7-11-24-53)54-25-12-8-13-26-54;/h7-19,23-28,30-39,42-48,52H,5-6,20-22,29H2,1-4H3;/q-2;+2. The second kappa shape index (κ2) is 24.7.